The van der Waals surface area contributed by atoms with Gasteiger partial charge in [0.05, 0.1) is 5.03 Å². The minimum atomic E-state index is 0.605. The van der Waals surface area contributed by atoms with Crippen molar-refractivity contribution in [3.63, 3.8) is 0 Å². The fourth-order valence-corrected chi connectivity index (χ4v) is 3.41. The topological polar surface area (TPSA) is 16.1 Å². The Morgan fingerprint density at radius 3 is 2.89 bits per heavy atom. The smallest absolute Gasteiger partial charge is 0.0959 e. The molecular formula is C16H26N2S. The number of hydrogen-bond donors (Lipinski definition) is 0. The number of unbranched alkanes of at least 4 members (excludes halogenated alkanes) is 1. The van der Waals surface area contributed by atoms with E-state index in [1.807, 2.05) is 11.8 Å². The van der Waals surface area contributed by atoms with Crippen molar-refractivity contribution in [1.29, 1.82) is 0 Å². The van der Waals surface area contributed by atoms with Crippen LogP contribution < -0.4 is 0 Å². The van der Waals surface area contributed by atoms with Gasteiger partial charge in [-0.15, -0.1) is 11.8 Å². The Hall–Kier alpha value is -0.540. The van der Waals surface area contributed by atoms with E-state index in [0.717, 1.165) is 10.8 Å². The van der Waals surface area contributed by atoms with E-state index in [2.05, 4.69) is 42.1 Å². The molecule has 106 valence electrons. The third-order valence-corrected chi connectivity index (χ3v) is 4.67. The van der Waals surface area contributed by atoms with Gasteiger partial charge < -0.3 is 0 Å². The zero-order chi connectivity index (χ0) is 13.5. The Labute approximate surface area is 122 Å². The van der Waals surface area contributed by atoms with Gasteiger partial charge in [-0.3, -0.25) is 4.90 Å². The summed E-state index contributed by atoms with van der Waals surface area (Å²) >= 11 is 1.82. The molecule has 0 amide bonds. The molecule has 19 heavy (non-hydrogen) atoms. The van der Waals surface area contributed by atoms with E-state index in [9.17, 15) is 0 Å². The van der Waals surface area contributed by atoms with Crippen molar-refractivity contribution >= 4 is 11.8 Å². The number of aromatic nitrogens is 1. The molecule has 1 aliphatic heterocycles. The van der Waals surface area contributed by atoms with Crippen LogP contribution in [0.25, 0.3) is 0 Å². The molecule has 1 aromatic heterocycles. The predicted octanol–water partition coefficient (Wildman–Crippen LogP) is 4.52. The van der Waals surface area contributed by atoms with Gasteiger partial charge in [-0.25, -0.2) is 4.98 Å². The molecule has 2 rings (SSSR count). The summed E-state index contributed by atoms with van der Waals surface area (Å²) in [4.78, 5) is 7.26. The number of rotatable bonds is 6. The van der Waals surface area contributed by atoms with Gasteiger partial charge in [0.1, 0.15) is 0 Å². The molecule has 1 aliphatic rings. The first-order chi connectivity index (χ1) is 9.35. The molecule has 0 bridgehead atoms. The first kappa shape index (κ1) is 14.9. The summed E-state index contributed by atoms with van der Waals surface area (Å²) < 4.78 is 0. The molecule has 3 heteroatoms. The Bertz CT molecular complexity index is 364. The van der Waals surface area contributed by atoms with Crippen molar-refractivity contribution in [2.45, 2.75) is 57.0 Å². The summed E-state index contributed by atoms with van der Waals surface area (Å²) in [5.41, 5.74) is 1.41. The van der Waals surface area contributed by atoms with Crippen LogP contribution in [0.4, 0.5) is 0 Å². The van der Waals surface area contributed by atoms with E-state index in [0.29, 0.717) is 6.04 Å². The normalized spacial score (nSPS) is 20.6. The Morgan fingerprint density at radius 1 is 1.32 bits per heavy atom. The van der Waals surface area contributed by atoms with Crippen molar-refractivity contribution < 1.29 is 0 Å². The highest BCUT2D eigenvalue weighted by Gasteiger charge is 2.23. The number of thioether (sulfide) groups is 1. The maximum absolute atomic E-state index is 4.59. The van der Waals surface area contributed by atoms with Gasteiger partial charge in [-0.2, -0.15) is 0 Å². The molecule has 1 fully saturated rings. The number of hydrogen-bond acceptors (Lipinski definition) is 3. The second kappa shape index (κ2) is 7.91. The fourth-order valence-electron chi connectivity index (χ4n) is 2.82. The first-order valence-corrected chi connectivity index (χ1v) is 8.66. The quantitative estimate of drug-likeness (QED) is 0.712. The maximum Gasteiger partial charge on any atom is 0.0959 e. The van der Waals surface area contributed by atoms with E-state index in [-0.39, 0.29) is 0 Å². The third kappa shape index (κ3) is 4.22. The van der Waals surface area contributed by atoms with Crippen LogP contribution in [0, 0.1) is 0 Å². The number of pyridine rings is 1. The van der Waals surface area contributed by atoms with Crippen LogP contribution in [-0.4, -0.2) is 28.7 Å². The zero-order valence-corrected chi connectivity index (χ0v) is 13.1. The summed E-state index contributed by atoms with van der Waals surface area (Å²) in [6.45, 7) is 6.95. The fraction of sp³-hybridized carbons (Fsp3) is 0.688. The van der Waals surface area contributed by atoms with E-state index < -0.39 is 0 Å². The second-order valence-electron chi connectivity index (χ2n) is 5.26. The highest BCUT2D eigenvalue weighted by molar-refractivity contribution is 7.99. The lowest BCUT2D eigenvalue weighted by Gasteiger charge is -2.35. The minimum absolute atomic E-state index is 0.605. The van der Waals surface area contributed by atoms with Crippen molar-refractivity contribution in [1.82, 2.24) is 9.88 Å². The molecule has 1 unspecified atom stereocenters. The number of nitrogens with zero attached hydrogens (tertiary/aromatic N) is 2. The molecule has 0 aromatic carbocycles. The second-order valence-corrected chi connectivity index (χ2v) is 6.55. The summed E-state index contributed by atoms with van der Waals surface area (Å²) in [6, 6.07) is 5.09. The average Bonchev–Trinajstić information content (AvgIpc) is 2.47. The molecule has 0 spiro atoms. The third-order valence-electron chi connectivity index (χ3n) is 3.85. The Balaban J connectivity index is 2.03. The van der Waals surface area contributed by atoms with Crippen molar-refractivity contribution in [2.24, 2.45) is 0 Å². The van der Waals surface area contributed by atoms with Gasteiger partial charge >= 0.3 is 0 Å². The highest BCUT2D eigenvalue weighted by atomic mass is 32.2. The lowest BCUT2D eigenvalue weighted by atomic mass is 9.96. The molecule has 1 aromatic rings. The highest BCUT2D eigenvalue weighted by Crippen LogP contribution is 2.31. The standard InChI is InChI=1S/C16H26N2S/c1-3-5-11-18-12-7-6-8-15(18)14-9-10-16(17-13-14)19-4-2/h9-10,13,15H,3-8,11-12H2,1-2H3. The van der Waals surface area contributed by atoms with Gasteiger partial charge in [0.25, 0.3) is 0 Å². The van der Waals surface area contributed by atoms with Crippen LogP contribution in [-0.2, 0) is 0 Å². The van der Waals surface area contributed by atoms with E-state index in [1.54, 1.807) is 0 Å². The van der Waals surface area contributed by atoms with Crippen LogP contribution in [0.3, 0.4) is 0 Å². The summed E-state index contributed by atoms with van der Waals surface area (Å²) in [5, 5.41) is 1.15. The van der Waals surface area contributed by atoms with Gasteiger partial charge in [-0.05, 0) is 49.7 Å². The lowest BCUT2D eigenvalue weighted by molar-refractivity contribution is 0.146. The zero-order valence-electron chi connectivity index (χ0n) is 12.3. The van der Waals surface area contributed by atoms with E-state index in [1.165, 1.54) is 50.8 Å². The molecule has 0 radical (unpaired) electrons. The van der Waals surface area contributed by atoms with Crippen LogP contribution in [0.5, 0.6) is 0 Å². The van der Waals surface area contributed by atoms with Gasteiger partial charge in [0, 0.05) is 12.2 Å². The SMILES string of the molecule is CCCCN1CCCCC1c1ccc(SCC)nc1. The van der Waals surface area contributed by atoms with Crippen LogP contribution in [0.15, 0.2) is 23.4 Å². The van der Waals surface area contributed by atoms with Crippen LogP contribution in [0.2, 0.25) is 0 Å². The van der Waals surface area contributed by atoms with Crippen LogP contribution in [0.1, 0.15) is 57.6 Å². The van der Waals surface area contributed by atoms with Crippen LogP contribution >= 0.6 is 11.8 Å². The Morgan fingerprint density at radius 2 is 2.21 bits per heavy atom. The summed E-state index contributed by atoms with van der Waals surface area (Å²) in [7, 11) is 0. The van der Waals surface area contributed by atoms with Crippen molar-refractivity contribution in [2.75, 3.05) is 18.8 Å². The van der Waals surface area contributed by atoms with Crippen molar-refractivity contribution in [3.05, 3.63) is 23.9 Å². The number of piperidine rings is 1. The molecule has 2 nitrogen and oxygen atoms in total. The molecule has 2 heterocycles. The van der Waals surface area contributed by atoms with E-state index >= 15 is 0 Å². The van der Waals surface area contributed by atoms with E-state index in [4.69, 9.17) is 0 Å². The Kier molecular flexibility index (Phi) is 6.18. The monoisotopic (exact) mass is 278 g/mol. The lowest BCUT2D eigenvalue weighted by Crippen LogP contribution is -2.34. The largest absolute Gasteiger partial charge is 0.296 e. The van der Waals surface area contributed by atoms with Gasteiger partial charge in [-0.1, -0.05) is 32.8 Å². The molecule has 0 saturated carbocycles. The molecule has 0 aliphatic carbocycles. The van der Waals surface area contributed by atoms with Gasteiger partial charge in [0.2, 0.25) is 0 Å². The molecule has 1 saturated heterocycles. The summed E-state index contributed by atoms with van der Waals surface area (Å²) in [6.07, 6.45) is 8.72. The summed E-state index contributed by atoms with van der Waals surface area (Å²) in [5.74, 6) is 1.10. The number of likely N-dealkylation sites (tertiary alicyclic amines) is 1. The maximum atomic E-state index is 4.59. The first-order valence-electron chi connectivity index (χ1n) is 7.68. The van der Waals surface area contributed by atoms with Crippen molar-refractivity contribution in [3.8, 4) is 0 Å². The molecule has 0 N–H and O–H groups in total. The molecule has 1 atom stereocenters. The predicted molar refractivity (Wildman–Crippen MR) is 83.7 cm³/mol. The van der Waals surface area contributed by atoms with Gasteiger partial charge in [0.15, 0.2) is 0 Å². The average molecular weight is 278 g/mol. The minimum Gasteiger partial charge on any atom is -0.296 e. The molecular weight excluding hydrogens is 252 g/mol.